The summed E-state index contributed by atoms with van der Waals surface area (Å²) in [6.45, 7) is 1.94. The van der Waals surface area contributed by atoms with Crippen molar-refractivity contribution in [3.63, 3.8) is 0 Å². The second-order valence-electron chi connectivity index (χ2n) is 4.48. The average Bonchev–Trinajstić information content (AvgIpc) is 3.06. The second-order valence-corrected chi connectivity index (χ2v) is 4.88. The molecular formula is C13H12ClNO. The highest BCUT2D eigenvalue weighted by Gasteiger charge is 2.25. The van der Waals surface area contributed by atoms with E-state index in [2.05, 4.69) is 4.98 Å². The minimum atomic E-state index is 0.0793. The van der Waals surface area contributed by atoms with E-state index in [9.17, 15) is 4.79 Å². The quantitative estimate of drug-likeness (QED) is 0.805. The van der Waals surface area contributed by atoms with Gasteiger partial charge in [0.05, 0.1) is 10.5 Å². The topological polar surface area (TPSA) is 32.9 Å². The van der Waals surface area contributed by atoms with Crippen LogP contribution in [0.25, 0.3) is 10.9 Å². The summed E-state index contributed by atoms with van der Waals surface area (Å²) in [5.74, 6) is 0.536. The highest BCUT2D eigenvalue weighted by atomic mass is 35.5. The highest BCUT2D eigenvalue weighted by molar-refractivity contribution is 6.35. The van der Waals surface area contributed by atoms with Crippen molar-refractivity contribution in [2.75, 3.05) is 0 Å². The van der Waals surface area contributed by atoms with Crippen LogP contribution in [0.2, 0.25) is 5.02 Å². The summed E-state index contributed by atoms with van der Waals surface area (Å²) in [5, 5.41) is 1.34. The third-order valence-corrected chi connectivity index (χ3v) is 3.50. The van der Waals surface area contributed by atoms with Crippen molar-refractivity contribution < 1.29 is 0 Å². The Labute approximate surface area is 98.3 Å². The number of aromatic nitrogens is 1. The van der Waals surface area contributed by atoms with E-state index >= 15 is 0 Å². The molecule has 0 radical (unpaired) electrons. The maximum absolute atomic E-state index is 12.0. The molecule has 1 aromatic heterocycles. The molecule has 0 aliphatic heterocycles. The molecule has 3 rings (SSSR count). The molecule has 1 aliphatic carbocycles. The van der Waals surface area contributed by atoms with Crippen molar-refractivity contribution in [3.05, 3.63) is 44.7 Å². The number of benzene rings is 1. The predicted molar refractivity (Wildman–Crippen MR) is 66.3 cm³/mol. The fourth-order valence-corrected chi connectivity index (χ4v) is 2.33. The van der Waals surface area contributed by atoms with E-state index in [4.69, 9.17) is 11.6 Å². The van der Waals surface area contributed by atoms with Gasteiger partial charge in [-0.1, -0.05) is 17.7 Å². The summed E-state index contributed by atoms with van der Waals surface area (Å²) in [5.41, 5.74) is 2.87. The third kappa shape index (κ3) is 1.45. The molecule has 0 amide bonds. The number of H-pyrrole nitrogens is 1. The average molecular weight is 234 g/mol. The standard InChI is InChI=1S/C13H12ClNO/c1-7-2-5-9(14)13-12(7)11(16)6-10(15-13)8-3-4-8/h2,5-6,8H,3-4H2,1H3,(H,15,16). The first kappa shape index (κ1) is 9.91. The molecule has 3 heteroatoms. The molecule has 1 heterocycles. The zero-order valence-corrected chi connectivity index (χ0v) is 9.77. The van der Waals surface area contributed by atoms with Crippen molar-refractivity contribution in [1.29, 1.82) is 0 Å². The Hall–Kier alpha value is -1.28. The van der Waals surface area contributed by atoms with Gasteiger partial charge in [-0.05, 0) is 37.3 Å². The number of nitrogens with one attached hydrogen (secondary N) is 1. The van der Waals surface area contributed by atoms with Crippen molar-refractivity contribution in [2.45, 2.75) is 25.7 Å². The molecule has 0 unspecified atom stereocenters. The molecule has 2 nitrogen and oxygen atoms in total. The second kappa shape index (κ2) is 3.36. The summed E-state index contributed by atoms with van der Waals surface area (Å²) < 4.78 is 0. The van der Waals surface area contributed by atoms with Crippen LogP contribution < -0.4 is 5.43 Å². The van der Waals surface area contributed by atoms with E-state index in [1.54, 1.807) is 6.07 Å². The molecule has 0 saturated heterocycles. The van der Waals surface area contributed by atoms with Crippen LogP contribution in [0.4, 0.5) is 0 Å². The minimum Gasteiger partial charge on any atom is -0.357 e. The molecular weight excluding hydrogens is 222 g/mol. The third-order valence-electron chi connectivity index (χ3n) is 3.18. The number of aromatic amines is 1. The van der Waals surface area contributed by atoms with Gasteiger partial charge in [0.1, 0.15) is 0 Å². The van der Waals surface area contributed by atoms with Crippen LogP contribution >= 0.6 is 11.6 Å². The normalized spacial score (nSPS) is 15.6. The molecule has 2 aromatic rings. The van der Waals surface area contributed by atoms with Crippen LogP contribution in [-0.4, -0.2) is 4.98 Å². The fourth-order valence-electron chi connectivity index (χ4n) is 2.13. The Bertz CT molecular complexity index is 626. The van der Waals surface area contributed by atoms with E-state index in [0.717, 1.165) is 22.2 Å². The minimum absolute atomic E-state index is 0.0793. The lowest BCUT2D eigenvalue weighted by Crippen LogP contribution is -2.06. The lowest BCUT2D eigenvalue weighted by atomic mass is 10.1. The Morgan fingerprint density at radius 3 is 2.81 bits per heavy atom. The van der Waals surface area contributed by atoms with E-state index in [-0.39, 0.29) is 5.43 Å². The molecule has 16 heavy (non-hydrogen) atoms. The van der Waals surface area contributed by atoms with Crippen molar-refractivity contribution in [1.82, 2.24) is 4.98 Å². The fraction of sp³-hybridized carbons (Fsp3) is 0.308. The lowest BCUT2D eigenvalue weighted by molar-refractivity contribution is 1.04. The lowest BCUT2D eigenvalue weighted by Gasteiger charge is -2.06. The van der Waals surface area contributed by atoms with Gasteiger partial charge in [0, 0.05) is 17.1 Å². The van der Waals surface area contributed by atoms with Crippen LogP contribution in [0.5, 0.6) is 0 Å². The number of hydrogen-bond donors (Lipinski definition) is 1. The Kier molecular flexibility index (Phi) is 2.08. The van der Waals surface area contributed by atoms with E-state index in [1.807, 2.05) is 19.1 Å². The molecule has 1 fully saturated rings. The van der Waals surface area contributed by atoms with Crippen molar-refractivity contribution in [2.24, 2.45) is 0 Å². The van der Waals surface area contributed by atoms with Gasteiger partial charge < -0.3 is 4.98 Å². The highest BCUT2D eigenvalue weighted by Crippen LogP contribution is 2.39. The number of hydrogen-bond acceptors (Lipinski definition) is 1. The summed E-state index contributed by atoms with van der Waals surface area (Å²) in [6, 6.07) is 5.45. The Morgan fingerprint density at radius 2 is 2.12 bits per heavy atom. The van der Waals surface area contributed by atoms with Crippen LogP contribution in [0, 0.1) is 6.92 Å². The molecule has 0 spiro atoms. The molecule has 1 aliphatic rings. The zero-order chi connectivity index (χ0) is 11.3. The number of pyridine rings is 1. The van der Waals surface area contributed by atoms with E-state index < -0.39 is 0 Å². The SMILES string of the molecule is Cc1ccc(Cl)c2[nH]c(C3CC3)cc(=O)c12. The van der Waals surface area contributed by atoms with E-state index in [0.29, 0.717) is 10.9 Å². The summed E-state index contributed by atoms with van der Waals surface area (Å²) in [7, 11) is 0. The van der Waals surface area contributed by atoms with Crippen molar-refractivity contribution >= 4 is 22.5 Å². The van der Waals surface area contributed by atoms with Crippen LogP contribution in [0.1, 0.15) is 30.0 Å². The van der Waals surface area contributed by atoms with Gasteiger partial charge >= 0.3 is 0 Å². The first-order valence-corrected chi connectivity index (χ1v) is 5.86. The van der Waals surface area contributed by atoms with Crippen LogP contribution in [0.15, 0.2) is 23.0 Å². The molecule has 1 N–H and O–H groups in total. The maximum atomic E-state index is 12.0. The number of fused-ring (bicyclic) bond motifs is 1. The summed E-state index contributed by atoms with van der Waals surface area (Å²) in [4.78, 5) is 15.3. The van der Waals surface area contributed by atoms with Gasteiger partial charge in [-0.2, -0.15) is 0 Å². The van der Waals surface area contributed by atoms with Gasteiger partial charge in [-0.15, -0.1) is 0 Å². The maximum Gasteiger partial charge on any atom is 0.189 e. The molecule has 82 valence electrons. The smallest absolute Gasteiger partial charge is 0.189 e. The summed E-state index contributed by atoms with van der Waals surface area (Å²) in [6.07, 6.45) is 2.34. The largest absolute Gasteiger partial charge is 0.357 e. The summed E-state index contributed by atoms with van der Waals surface area (Å²) >= 11 is 6.13. The van der Waals surface area contributed by atoms with Crippen LogP contribution in [-0.2, 0) is 0 Å². The number of halogens is 1. The van der Waals surface area contributed by atoms with Crippen molar-refractivity contribution in [3.8, 4) is 0 Å². The molecule has 0 bridgehead atoms. The monoisotopic (exact) mass is 233 g/mol. The van der Waals surface area contributed by atoms with Crippen LogP contribution in [0.3, 0.4) is 0 Å². The molecule has 1 aromatic carbocycles. The first-order valence-electron chi connectivity index (χ1n) is 5.49. The molecule has 0 atom stereocenters. The zero-order valence-electron chi connectivity index (χ0n) is 9.01. The van der Waals surface area contributed by atoms with Gasteiger partial charge in [-0.25, -0.2) is 0 Å². The Balaban J connectivity index is 2.41. The molecule has 1 saturated carbocycles. The Morgan fingerprint density at radius 1 is 1.38 bits per heavy atom. The van der Waals surface area contributed by atoms with Gasteiger partial charge in [0.15, 0.2) is 5.43 Å². The first-order chi connectivity index (χ1) is 7.66. The van der Waals surface area contributed by atoms with E-state index in [1.165, 1.54) is 12.8 Å². The van der Waals surface area contributed by atoms with Gasteiger partial charge in [-0.3, -0.25) is 4.79 Å². The van der Waals surface area contributed by atoms with Gasteiger partial charge in [0.25, 0.3) is 0 Å². The van der Waals surface area contributed by atoms with Gasteiger partial charge in [0.2, 0.25) is 0 Å². The number of rotatable bonds is 1. The predicted octanol–water partition coefficient (Wildman–Crippen LogP) is 3.37. The number of aryl methyl sites for hydroxylation is 1.